The number of carbonyl (C=O) groups is 1. The van der Waals surface area contributed by atoms with Crippen LogP contribution in [0.5, 0.6) is 5.75 Å². The number of aromatic nitrogens is 1. The van der Waals surface area contributed by atoms with Crippen LogP contribution in [0.4, 0.5) is 0 Å². The number of hydrogen-bond donors (Lipinski definition) is 1. The Morgan fingerprint density at radius 2 is 1.95 bits per heavy atom. The van der Waals surface area contributed by atoms with Gasteiger partial charge in [-0.25, -0.2) is 0 Å². The van der Waals surface area contributed by atoms with E-state index in [1.165, 1.54) is 6.07 Å². The van der Waals surface area contributed by atoms with Crippen LogP contribution in [0.1, 0.15) is 17.7 Å². The van der Waals surface area contributed by atoms with Crippen molar-refractivity contribution in [1.29, 1.82) is 0 Å². The summed E-state index contributed by atoms with van der Waals surface area (Å²) in [7, 11) is 0. The quantitative estimate of drug-likeness (QED) is 0.884. The fraction of sp³-hybridized carbons (Fsp3) is 0.250. The molecule has 0 atom stereocenters. The molecule has 0 fully saturated rings. The Morgan fingerprint density at radius 3 is 2.62 bits per heavy atom. The highest BCUT2D eigenvalue weighted by Crippen LogP contribution is 2.14. The molecule has 110 valence electrons. The van der Waals surface area contributed by atoms with Gasteiger partial charge in [0.2, 0.25) is 5.43 Å². The number of pyridine rings is 1. The van der Waals surface area contributed by atoms with Gasteiger partial charge in [0.05, 0.1) is 12.1 Å². The number of benzene rings is 1. The number of aryl methyl sites for hydroxylation is 1. The number of hydrogen-bond acceptors (Lipinski definition) is 3. The third kappa shape index (κ3) is 3.95. The summed E-state index contributed by atoms with van der Waals surface area (Å²) < 4.78 is 7.34. The molecule has 1 heterocycles. The molecule has 0 radical (unpaired) electrons. The molecule has 2 aromatic rings. The summed E-state index contributed by atoms with van der Waals surface area (Å²) in [5, 5.41) is 8.74. The van der Waals surface area contributed by atoms with Gasteiger partial charge < -0.3 is 14.4 Å². The molecule has 0 amide bonds. The summed E-state index contributed by atoms with van der Waals surface area (Å²) >= 11 is 0. The molecule has 0 spiro atoms. The van der Waals surface area contributed by atoms with Gasteiger partial charge in [0.25, 0.3) is 0 Å². The van der Waals surface area contributed by atoms with E-state index in [1.807, 2.05) is 30.3 Å². The number of rotatable bonds is 6. The Morgan fingerprint density at radius 1 is 1.24 bits per heavy atom. The first kappa shape index (κ1) is 14.8. The first-order valence-electron chi connectivity index (χ1n) is 6.66. The third-order valence-electron chi connectivity index (χ3n) is 3.18. The summed E-state index contributed by atoms with van der Waals surface area (Å²) in [5.41, 5.74) is 1.41. The smallest absolute Gasteiger partial charge is 0.305 e. The van der Waals surface area contributed by atoms with Gasteiger partial charge in [-0.05, 0) is 12.5 Å². The van der Waals surface area contributed by atoms with E-state index in [9.17, 15) is 9.59 Å². The Labute approximate surface area is 122 Å². The van der Waals surface area contributed by atoms with E-state index in [-0.39, 0.29) is 17.6 Å². The Kier molecular flexibility index (Phi) is 4.77. The van der Waals surface area contributed by atoms with Gasteiger partial charge in [0, 0.05) is 18.8 Å². The van der Waals surface area contributed by atoms with E-state index in [1.54, 1.807) is 17.7 Å². The second kappa shape index (κ2) is 6.74. The van der Waals surface area contributed by atoms with E-state index in [0.29, 0.717) is 18.8 Å². The number of ether oxygens (including phenoxy) is 1. The van der Waals surface area contributed by atoms with Crippen LogP contribution in [0, 0.1) is 6.92 Å². The minimum Gasteiger partial charge on any atom is -0.483 e. The zero-order valence-corrected chi connectivity index (χ0v) is 11.8. The molecule has 0 unspecified atom stereocenters. The minimum absolute atomic E-state index is 0.00182. The van der Waals surface area contributed by atoms with Gasteiger partial charge >= 0.3 is 5.97 Å². The van der Waals surface area contributed by atoms with E-state index in [0.717, 1.165) is 5.56 Å². The van der Waals surface area contributed by atoms with E-state index >= 15 is 0 Å². The molecule has 5 nitrogen and oxygen atoms in total. The number of nitrogens with zero attached hydrogens (tertiary/aromatic N) is 1. The lowest BCUT2D eigenvalue weighted by molar-refractivity contribution is -0.137. The molecule has 1 N–H and O–H groups in total. The van der Waals surface area contributed by atoms with E-state index in [2.05, 4.69) is 0 Å². The lowest BCUT2D eigenvalue weighted by Gasteiger charge is -2.14. The van der Waals surface area contributed by atoms with Crippen molar-refractivity contribution in [2.75, 3.05) is 0 Å². The van der Waals surface area contributed by atoms with Gasteiger partial charge in [-0.1, -0.05) is 30.3 Å². The van der Waals surface area contributed by atoms with Crippen LogP contribution in [0.15, 0.2) is 47.4 Å². The molecule has 0 aliphatic rings. The molecule has 5 heteroatoms. The van der Waals surface area contributed by atoms with Gasteiger partial charge in [-0.3, -0.25) is 9.59 Å². The maximum absolute atomic E-state index is 11.9. The van der Waals surface area contributed by atoms with Crippen LogP contribution in [-0.4, -0.2) is 15.6 Å². The summed E-state index contributed by atoms with van der Waals surface area (Å²) in [5.74, 6) is -0.605. The van der Waals surface area contributed by atoms with Crippen molar-refractivity contribution < 1.29 is 14.6 Å². The average molecular weight is 287 g/mol. The molecule has 2 rings (SSSR count). The fourth-order valence-corrected chi connectivity index (χ4v) is 2.02. The second-order valence-corrected chi connectivity index (χ2v) is 4.71. The molecule has 0 saturated carbocycles. The molecular formula is C16H17NO4. The zero-order chi connectivity index (χ0) is 15.2. The van der Waals surface area contributed by atoms with Crippen molar-refractivity contribution in [2.24, 2.45) is 0 Å². The predicted octanol–water partition coefficient (Wildman–Crippen LogP) is 2.21. The zero-order valence-electron chi connectivity index (χ0n) is 11.8. The normalized spacial score (nSPS) is 10.3. The molecule has 0 aliphatic heterocycles. The van der Waals surface area contributed by atoms with Crippen LogP contribution >= 0.6 is 0 Å². The highest BCUT2D eigenvalue weighted by atomic mass is 16.5. The maximum Gasteiger partial charge on any atom is 0.305 e. The average Bonchev–Trinajstić information content (AvgIpc) is 2.47. The van der Waals surface area contributed by atoms with Crippen LogP contribution in [-0.2, 0) is 17.9 Å². The van der Waals surface area contributed by atoms with Crippen molar-refractivity contribution >= 4 is 5.97 Å². The van der Waals surface area contributed by atoms with Crippen molar-refractivity contribution in [3.8, 4) is 5.75 Å². The summed E-state index contributed by atoms with van der Waals surface area (Å²) in [6.07, 6.45) is 1.60. The van der Waals surface area contributed by atoms with E-state index in [4.69, 9.17) is 9.84 Å². The highest BCUT2D eigenvalue weighted by Gasteiger charge is 2.09. The van der Waals surface area contributed by atoms with Crippen LogP contribution < -0.4 is 10.2 Å². The number of carboxylic acids is 1. The largest absolute Gasteiger partial charge is 0.483 e. The van der Waals surface area contributed by atoms with Crippen molar-refractivity contribution in [1.82, 2.24) is 4.57 Å². The minimum atomic E-state index is -0.875. The van der Waals surface area contributed by atoms with Crippen LogP contribution in [0.25, 0.3) is 0 Å². The fourth-order valence-electron chi connectivity index (χ4n) is 2.02. The molecule has 1 aromatic carbocycles. The van der Waals surface area contributed by atoms with Crippen LogP contribution in [0.2, 0.25) is 0 Å². The number of aliphatic carboxylic acids is 1. The van der Waals surface area contributed by atoms with Crippen molar-refractivity contribution in [3.63, 3.8) is 0 Å². The highest BCUT2D eigenvalue weighted by molar-refractivity contribution is 5.66. The summed E-state index contributed by atoms with van der Waals surface area (Å²) in [6.45, 7) is 2.37. The Bertz CT molecular complexity index is 676. The lowest BCUT2D eigenvalue weighted by Crippen LogP contribution is -2.16. The van der Waals surface area contributed by atoms with Gasteiger partial charge in [0.1, 0.15) is 6.61 Å². The predicted molar refractivity (Wildman–Crippen MR) is 78.5 cm³/mol. The summed E-state index contributed by atoms with van der Waals surface area (Å²) in [4.78, 5) is 22.5. The Hall–Kier alpha value is -2.56. The monoisotopic (exact) mass is 287 g/mol. The molecular weight excluding hydrogens is 270 g/mol. The Balaban J connectivity index is 2.16. The van der Waals surface area contributed by atoms with Crippen molar-refractivity contribution in [3.05, 3.63) is 64.1 Å². The molecule has 1 aromatic heterocycles. The molecule has 21 heavy (non-hydrogen) atoms. The SMILES string of the molecule is Cc1c(OCc2ccccc2)c(=O)ccn1CCC(=O)O. The van der Waals surface area contributed by atoms with Gasteiger partial charge in [-0.15, -0.1) is 0 Å². The number of carboxylic acid groups (broad SMARTS) is 1. The maximum atomic E-state index is 11.9. The third-order valence-corrected chi connectivity index (χ3v) is 3.18. The molecule has 0 aliphatic carbocycles. The molecule has 0 saturated heterocycles. The molecule has 0 bridgehead atoms. The van der Waals surface area contributed by atoms with Gasteiger partial charge in [0.15, 0.2) is 5.75 Å². The summed E-state index contributed by atoms with van der Waals surface area (Å²) in [6, 6.07) is 11.0. The van der Waals surface area contributed by atoms with Crippen LogP contribution in [0.3, 0.4) is 0 Å². The topological polar surface area (TPSA) is 68.5 Å². The first-order chi connectivity index (χ1) is 10.1. The lowest BCUT2D eigenvalue weighted by atomic mass is 10.2. The second-order valence-electron chi connectivity index (χ2n) is 4.71. The van der Waals surface area contributed by atoms with Gasteiger partial charge in [-0.2, -0.15) is 0 Å². The first-order valence-corrected chi connectivity index (χ1v) is 6.66. The van der Waals surface area contributed by atoms with E-state index < -0.39 is 5.97 Å². The van der Waals surface area contributed by atoms with Crippen molar-refractivity contribution in [2.45, 2.75) is 26.5 Å². The standard InChI is InChI=1S/C16H17NO4/c1-12-16(21-11-13-5-3-2-4-6-13)14(18)7-9-17(12)10-8-15(19)20/h2-7,9H,8,10-11H2,1H3,(H,19,20).